The fourth-order valence-corrected chi connectivity index (χ4v) is 2.96. The molecule has 0 fully saturated rings. The first-order valence-corrected chi connectivity index (χ1v) is 8.02. The number of benzene rings is 2. The maximum atomic E-state index is 14.3. The highest BCUT2D eigenvalue weighted by atomic mass is 79.9. The van der Waals surface area contributed by atoms with Crippen molar-refractivity contribution in [2.45, 2.75) is 6.92 Å². The van der Waals surface area contributed by atoms with E-state index in [4.69, 9.17) is 5.73 Å². The molecule has 0 radical (unpaired) electrons. The van der Waals surface area contributed by atoms with Crippen molar-refractivity contribution in [1.82, 2.24) is 4.98 Å². The van der Waals surface area contributed by atoms with E-state index in [-0.39, 0.29) is 11.4 Å². The number of aromatic nitrogens is 1. The lowest BCUT2D eigenvalue weighted by atomic mass is 9.97. The molecule has 2 aromatic carbocycles. The van der Waals surface area contributed by atoms with Gasteiger partial charge in [0.1, 0.15) is 23.3 Å². The highest BCUT2D eigenvalue weighted by Gasteiger charge is 2.17. The van der Waals surface area contributed by atoms with Gasteiger partial charge in [-0.2, -0.15) is 5.26 Å². The van der Waals surface area contributed by atoms with Crippen LogP contribution in [-0.2, 0) is 0 Å². The first-order valence-electron chi connectivity index (χ1n) is 7.23. The van der Waals surface area contributed by atoms with E-state index in [1.807, 2.05) is 37.3 Å². The Morgan fingerprint density at radius 2 is 1.83 bits per heavy atom. The fourth-order valence-electron chi connectivity index (χ4n) is 2.60. The lowest BCUT2D eigenvalue weighted by Crippen LogP contribution is -2.01. The maximum absolute atomic E-state index is 14.3. The van der Waals surface area contributed by atoms with Gasteiger partial charge < -0.3 is 5.73 Å². The van der Waals surface area contributed by atoms with E-state index in [1.165, 1.54) is 6.07 Å². The number of nitrogens with two attached hydrogens (primary N) is 1. The Labute approximate surface area is 147 Å². The summed E-state index contributed by atoms with van der Waals surface area (Å²) in [5, 5.41) is 9.43. The number of halogens is 2. The number of nitriles is 1. The van der Waals surface area contributed by atoms with Crippen LogP contribution in [0.1, 0.15) is 11.1 Å². The molecule has 0 atom stereocenters. The van der Waals surface area contributed by atoms with Crippen LogP contribution >= 0.6 is 15.9 Å². The number of nitrogens with zero attached hydrogens (tertiary/aromatic N) is 2. The van der Waals surface area contributed by atoms with Gasteiger partial charge in [-0.3, -0.25) is 0 Å². The molecule has 0 aliphatic rings. The highest BCUT2D eigenvalue weighted by Crippen LogP contribution is 2.34. The summed E-state index contributed by atoms with van der Waals surface area (Å²) >= 11 is 3.34. The molecule has 1 heterocycles. The Kier molecular flexibility index (Phi) is 4.32. The van der Waals surface area contributed by atoms with Crippen molar-refractivity contribution in [3.05, 3.63) is 69.9 Å². The zero-order valence-corrected chi connectivity index (χ0v) is 14.4. The second-order valence-corrected chi connectivity index (χ2v) is 6.28. The van der Waals surface area contributed by atoms with E-state index in [1.54, 1.807) is 18.2 Å². The molecule has 0 bridgehead atoms. The number of nitrogen functional groups attached to an aromatic ring is 1. The van der Waals surface area contributed by atoms with Gasteiger partial charge in [0.15, 0.2) is 0 Å². The Hall–Kier alpha value is -2.71. The van der Waals surface area contributed by atoms with Gasteiger partial charge in [-0.25, -0.2) is 9.37 Å². The topological polar surface area (TPSA) is 62.7 Å². The number of hydrogen-bond acceptors (Lipinski definition) is 3. The summed E-state index contributed by atoms with van der Waals surface area (Å²) in [4.78, 5) is 4.33. The third-order valence-electron chi connectivity index (χ3n) is 3.80. The summed E-state index contributed by atoms with van der Waals surface area (Å²) in [6.45, 7) is 1.96. The monoisotopic (exact) mass is 381 g/mol. The second-order valence-electron chi connectivity index (χ2n) is 5.37. The molecule has 118 valence electrons. The molecule has 5 heteroatoms. The average molecular weight is 382 g/mol. The van der Waals surface area contributed by atoms with Gasteiger partial charge in [0, 0.05) is 21.2 Å². The van der Waals surface area contributed by atoms with Gasteiger partial charge in [0.25, 0.3) is 0 Å². The predicted molar refractivity (Wildman–Crippen MR) is 96.6 cm³/mol. The van der Waals surface area contributed by atoms with Crippen molar-refractivity contribution in [3.8, 4) is 28.5 Å². The molecule has 0 aliphatic heterocycles. The molecule has 0 spiro atoms. The SMILES string of the molecule is Cc1ccccc1-c1cc(-c2cc(Br)ccc2F)c(C#N)c(N)n1. The largest absolute Gasteiger partial charge is 0.383 e. The minimum absolute atomic E-state index is 0.0904. The lowest BCUT2D eigenvalue weighted by molar-refractivity contribution is 0.631. The van der Waals surface area contributed by atoms with Gasteiger partial charge >= 0.3 is 0 Å². The Balaban J connectivity index is 2.32. The van der Waals surface area contributed by atoms with Crippen LogP contribution in [0.5, 0.6) is 0 Å². The van der Waals surface area contributed by atoms with Gasteiger partial charge in [0.2, 0.25) is 0 Å². The predicted octanol–water partition coefficient (Wildman–Crippen LogP) is 5.08. The Morgan fingerprint density at radius 1 is 1.08 bits per heavy atom. The van der Waals surface area contributed by atoms with Crippen LogP contribution in [0.4, 0.5) is 10.2 Å². The van der Waals surface area contributed by atoms with Crippen molar-refractivity contribution in [2.24, 2.45) is 0 Å². The normalized spacial score (nSPS) is 10.4. The molecule has 3 aromatic rings. The van der Waals surface area contributed by atoms with Crippen LogP contribution in [0.2, 0.25) is 0 Å². The quantitative estimate of drug-likeness (QED) is 0.672. The molecule has 0 saturated heterocycles. The molecule has 0 saturated carbocycles. The van der Waals surface area contributed by atoms with Crippen molar-refractivity contribution >= 4 is 21.7 Å². The van der Waals surface area contributed by atoms with Gasteiger partial charge in [0.05, 0.1) is 5.69 Å². The molecule has 3 nitrogen and oxygen atoms in total. The van der Waals surface area contributed by atoms with E-state index in [0.717, 1.165) is 15.6 Å². The molecular formula is C19H13BrFN3. The summed E-state index contributed by atoms with van der Waals surface area (Å²) in [7, 11) is 0. The van der Waals surface area contributed by atoms with E-state index < -0.39 is 5.82 Å². The van der Waals surface area contributed by atoms with Crippen LogP contribution < -0.4 is 5.73 Å². The number of pyridine rings is 1. The van der Waals surface area contributed by atoms with Gasteiger partial charge in [-0.15, -0.1) is 0 Å². The van der Waals surface area contributed by atoms with Gasteiger partial charge in [-0.1, -0.05) is 40.2 Å². The summed E-state index contributed by atoms with van der Waals surface area (Å²) in [5.41, 5.74) is 9.42. The number of rotatable bonds is 2. The third kappa shape index (κ3) is 2.89. The lowest BCUT2D eigenvalue weighted by Gasteiger charge is -2.12. The van der Waals surface area contributed by atoms with Crippen molar-refractivity contribution in [1.29, 1.82) is 5.26 Å². The van der Waals surface area contributed by atoms with Crippen LogP contribution in [0.3, 0.4) is 0 Å². The molecule has 3 rings (SSSR count). The molecule has 0 aliphatic carbocycles. The van der Waals surface area contributed by atoms with Crippen molar-refractivity contribution < 1.29 is 4.39 Å². The molecule has 2 N–H and O–H groups in total. The summed E-state index contributed by atoms with van der Waals surface area (Å²) < 4.78 is 15.0. The zero-order valence-electron chi connectivity index (χ0n) is 12.8. The van der Waals surface area contributed by atoms with E-state index in [0.29, 0.717) is 16.8 Å². The standard InChI is InChI=1S/C19H13BrFN3/c1-11-4-2-3-5-13(11)18-9-14(16(10-22)19(23)24-18)15-8-12(20)6-7-17(15)21/h2-9H,1H3,(H2,23,24). The smallest absolute Gasteiger partial charge is 0.142 e. The third-order valence-corrected chi connectivity index (χ3v) is 4.29. The highest BCUT2D eigenvalue weighted by molar-refractivity contribution is 9.10. The summed E-state index contributed by atoms with van der Waals surface area (Å²) in [6, 6.07) is 16.1. The van der Waals surface area contributed by atoms with Crippen molar-refractivity contribution in [2.75, 3.05) is 5.73 Å². The fraction of sp³-hybridized carbons (Fsp3) is 0.0526. The number of hydrogen-bond donors (Lipinski definition) is 1. The van der Waals surface area contributed by atoms with Crippen LogP contribution in [0, 0.1) is 24.1 Å². The molecule has 0 unspecified atom stereocenters. The molecule has 24 heavy (non-hydrogen) atoms. The summed E-state index contributed by atoms with van der Waals surface area (Å²) in [6.07, 6.45) is 0. The van der Waals surface area contributed by atoms with E-state index in [9.17, 15) is 9.65 Å². The summed E-state index contributed by atoms with van der Waals surface area (Å²) in [5.74, 6) is -0.330. The zero-order chi connectivity index (χ0) is 17.3. The number of aryl methyl sites for hydroxylation is 1. The van der Waals surface area contributed by atoms with E-state index in [2.05, 4.69) is 20.9 Å². The average Bonchev–Trinajstić information content (AvgIpc) is 2.57. The Morgan fingerprint density at radius 3 is 2.54 bits per heavy atom. The number of anilines is 1. The first kappa shape index (κ1) is 16.2. The Bertz CT molecular complexity index is 977. The van der Waals surface area contributed by atoms with Crippen LogP contribution in [0.25, 0.3) is 22.4 Å². The first-order chi connectivity index (χ1) is 11.5. The minimum atomic E-state index is -0.420. The maximum Gasteiger partial charge on any atom is 0.142 e. The minimum Gasteiger partial charge on any atom is -0.383 e. The van der Waals surface area contributed by atoms with Crippen LogP contribution in [0.15, 0.2) is 53.0 Å². The second kappa shape index (κ2) is 6.42. The molecule has 1 aromatic heterocycles. The van der Waals surface area contributed by atoms with Crippen LogP contribution in [-0.4, -0.2) is 4.98 Å². The van der Waals surface area contributed by atoms with Crippen molar-refractivity contribution in [3.63, 3.8) is 0 Å². The molecular weight excluding hydrogens is 369 g/mol. The van der Waals surface area contributed by atoms with Gasteiger partial charge in [-0.05, 0) is 36.8 Å². The molecule has 0 amide bonds. The van der Waals surface area contributed by atoms with E-state index >= 15 is 0 Å².